The Labute approximate surface area is 90.1 Å². The quantitative estimate of drug-likeness (QED) is 0.359. The zero-order valence-corrected chi connectivity index (χ0v) is 9.97. The summed E-state index contributed by atoms with van der Waals surface area (Å²) in [6.07, 6.45) is 11.7. The van der Waals surface area contributed by atoms with Gasteiger partial charge in [0, 0.05) is 0 Å². The molecule has 0 aromatic carbocycles. The van der Waals surface area contributed by atoms with Crippen LogP contribution in [-0.4, -0.2) is 0 Å². The Kier molecular flexibility index (Phi) is 8.72. The average Bonchev–Trinajstić information content (AvgIpc) is 2.18. The third kappa shape index (κ3) is 6.94. The minimum Gasteiger partial charge on any atom is -0.103 e. The van der Waals surface area contributed by atoms with Gasteiger partial charge in [0.25, 0.3) is 0 Å². The molecule has 0 bridgehead atoms. The van der Waals surface area contributed by atoms with Gasteiger partial charge in [0.05, 0.1) is 0 Å². The molecular formula is C14H26. The van der Waals surface area contributed by atoms with Gasteiger partial charge >= 0.3 is 0 Å². The molecule has 0 spiro atoms. The van der Waals surface area contributed by atoms with Gasteiger partial charge in [-0.05, 0) is 37.5 Å². The second-order valence-electron chi connectivity index (χ2n) is 4.39. The molecule has 0 saturated carbocycles. The lowest BCUT2D eigenvalue weighted by atomic mass is 9.87. The van der Waals surface area contributed by atoms with Gasteiger partial charge in [-0.1, -0.05) is 38.8 Å². The molecule has 0 aliphatic rings. The van der Waals surface area contributed by atoms with Crippen LogP contribution in [0.2, 0.25) is 0 Å². The number of unbranched alkanes of at least 4 members (excludes halogenated alkanes) is 2. The van der Waals surface area contributed by atoms with E-state index in [4.69, 9.17) is 0 Å². The van der Waals surface area contributed by atoms with Crippen LogP contribution in [0.15, 0.2) is 25.3 Å². The number of hydrogen-bond acceptors (Lipinski definition) is 0. The number of hydrogen-bond donors (Lipinski definition) is 0. The summed E-state index contributed by atoms with van der Waals surface area (Å²) in [7, 11) is 0. The first-order chi connectivity index (χ1) is 6.72. The first-order valence-electron chi connectivity index (χ1n) is 5.94. The summed E-state index contributed by atoms with van der Waals surface area (Å²) < 4.78 is 0. The lowest BCUT2D eigenvalue weighted by molar-refractivity contribution is 0.332. The summed E-state index contributed by atoms with van der Waals surface area (Å²) in [5.41, 5.74) is 0. The molecule has 0 heteroatoms. The van der Waals surface area contributed by atoms with Gasteiger partial charge in [-0.3, -0.25) is 0 Å². The zero-order valence-electron chi connectivity index (χ0n) is 9.97. The third-order valence-corrected chi connectivity index (χ3v) is 3.11. The first-order valence-corrected chi connectivity index (χ1v) is 5.94. The molecule has 0 aliphatic carbocycles. The number of rotatable bonds is 9. The minimum absolute atomic E-state index is 0.861. The van der Waals surface area contributed by atoms with Crippen molar-refractivity contribution in [2.75, 3.05) is 0 Å². The zero-order chi connectivity index (χ0) is 10.8. The normalized spacial score (nSPS) is 14.7. The van der Waals surface area contributed by atoms with Gasteiger partial charge in [-0.2, -0.15) is 0 Å². The van der Waals surface area contributed by atoms with Crippen molar-refractivity contribution < 1.29 is 0 Å². The predicted octanol–water partition coefficient (Wildman–Crippen LogP) is 4.97. The van der Waals surface area contributed by atoms with Crippen LogP contribution in [0.1, 0.15) is 52.4 Å². The average molecular weight is 194 g/mol. The Morgan fingerprint density at radius 1 is 0.857 bits per heavy atom. The maximum absolute atomic E-state index is 3.75. The molecule has 2 atom stereocenters. The van der Waals surface area contributed by atoms with E-state index in [1.165, 1.54) is 38.5 Å². The summed E-state index contributed by atoms with van der Waals surface area (Å²) in [4.78, 5) is 0. The lowest BCUT2D eigenvalue weighted by Gasteiger charge is -2.19. The highest BCUT2D eigenvalue weighted by molar-refractivity contribution is 4.71. The Morgan fingerprint density at radius 3 is 1.50 bits per heavy atom. The molecule has 82 valence electrons. The number of allylic oxidation sites excluding steroid dienone is 2. The van der Waals surface area contributed by atoms with E-state index < -0.39 is 0 Å². The van der Waals surface area contributed by atoms with Crippen LogP contribution in [0.4, 0.5) is 0 Å². The predicted molar refractivity (Wildman–Crippen MR) is 66.4 cm³/mol. The molecule has 0 nitrogen and oxygen atoms in total. The third-order valence-electron chi connectivity index (χ3n) is 3.11. The molecule has 14 heavy (non-hydrogen) atoms. The van der Waals surface area contributed by atoms with Crippen LogP contribution in [0.25, 0.3) is 0 Å². The first kappa shape index (κ1) is 13.5. The van der Waals surface area contributed by atoms with E-state index in [0.29, 0.717) is 0 Å². The van der Waals surface area contributed by atoms with Gasteiger partial charge in [-0.25, -0.2) is 0 Å². The van der Waals surface area contributed by atoms with Crippen LogP contribution >= 0.6 is 0 Å². The van der Waals surface area contributed by atoms with Crippen LogP contribution in [0.3, 0.4) is 0 Å². The molecule has 0 aromatic rings. The van der Waals surface area contributed by atoms with E-state index >= 15 is 0 Å². The largest absolute Gasteiger partial charge is 0.103 e. The van der Waals surface area contributed by atoms with E-state index in [1.807, 2.05) is 12.2 Å². The standard InChI is InChI=1S/C14H26/c1-5-7-9-11-13(3)14(4)12-10-8-6-2/h5-6,13-14H,1-2,7-12H2,3-4H3/t13-,14-/m1/s1. The molecular weight excluding hydrogens is 168 g/mol. The van der Waals surface area contributed by atoms with Crippen molar-refractivity contribution in [2.24, 2.45) is 11.8 Å². The fourth-order valence-electron chi connectivity index (χ4n) is 1.74. The van der Waals surface area contributed by atoms with E-state index in [1.54, 1.807) is 0 Å². The fourth-order valence-corrected chi connectivity index (χ4v) is 1.74. The Morgan fingerprint density at radius 2 is 1.21 bits per heavy atom. The van der Waals surface area contributed by atoms with Crippen molar-refractivity contribution in [1.82, 2.24) is 0 Å². The summed E-state index contributed by atoms with van der Waals surface area (Å²) in [6, 6.07) is 0. The second kappa shape index (κ2) is 9.05. The topological polar surface area (TPSA) is 0 Å². The molecule has 0 saturated heterocycles. The minimum atomic E-state index is 0.861. The van der Waals surface area contributed by atoms with Crippen molar-refractivity contribution in [3.63, 3.8) is 0 Å². The molecule has 0 fully saturated rings. The molecule has 0 radical (unpaired) electrons. The smallest absolute Gasteiger partial charge is 0.0353 e. The van der Waals surface area contributed by atoms with E-state index in [0.717, 1.165) is 11.8 Å². The Hall–Kier alpha value is -0.520. The van der Waals surface area contributed by atoms with Crippen LogP contribution in [-0.2, 0) is 0 Å². The van der Waals surface area contributed by atoms with Gasteiger partial charge in [-0.15, -0.1) is 13.2 Å². The monoisotopic (exact) mass is 194 g/mol. The molecule has 0 N–H and O–H groups in total. The van der Waals surface area contributed by atoms with E-state index in [2.05, 4.69) is 27.0 Å². The Balaban J connectivity index is 3.47. The molecule has 0 unspecified atom stereocenters. The van der Waals surface area contributed by atoms with Gasteiger partial charge < -0.3 is 0 Å². The van der Waals surface area contributed by atoms with Gasteiger partial charge in [0.2, 0.25) is 0 Å². The molecule has 0 aliphatic heterocycles. The lowest BCUT2D eigenvalue weighted by Crippen LogP contribution is -2.07. The van der Waals surface area contributed by atoms with E-state index in [9.17, 15) is 0 Å². The van der Waals surface area contributed by atoms with Gasteiger partial charge in [0.1, 0.15) is 0 Å². The maximum atomic E-state index is 3.75. The highest BCUT2D eigenvalue weighted by Gasteiger charge is 2.10. The van der Waals surface area contributed by atoms with E-state index in [-0.39, 0.29) is 0 Å². The van der Waals surface area contributed by atoms with Crippen LogP contribution in [0, 0.1) is 11.8 Å². The van der Waals surface area contributed by atoms with Crippen molar-refractivity contribution >= 4 is 0 Å². The second-order valence-corrected chi connectivity index (χ2v) is 4.39. The Bertz CT molecular complexity index is 128. The summed E-state index contributed by atoms with van der Waals surface area (Å²) >= 11 is 0. The van der Waals surface area contributed by atoms with Crippen LogP contribution < -0.4 is 0 Å². The van der Waals surface area contributed by atoms with Crippen molar-refractivity contribution in [1.29, 1.82) is 0 Å². The summed E-state index contributed by atoms with van der Waals surface area (Å²) in [6.45, 7) is 12.3. The molecule has 0 amide bonds. The van der Waals surface area contributed by atoms with Crippen molar-refractivity contribution in [3.05, 3.63) is 25.3 Å². The molecule has 0 aromatic heterocycles. The highest BCUT2D eigenvalue weighted by Crippen LogP contribution is 2.22. The molecule has 0 heterocycles. The van der Waals surface area contributed by atoms with Crippen molar-refractivity contribution in [2.45, 2.75) is 52.4 Å². The summed E-state index contributed by atoms with van der Waals surface area (Å²) in [5.74, 6) is 1.72. The highest BCUT2D eigenvalue weighted by atomic mass is 14.2. The maximum Gasteiger partial charge on any atom is -0.0353 e. The van der Waals surface area contributed by atoms with Crippen molar-refractivity contribution in [3.8, 4) is 0 Å². The summed E-state index contributed by atoms with van der Waals surface area (Å²) in [5, 5.41) is 0. The SMILES string of the molecule is C=CCCC[C@@H](C)[C@H](C)CCCC=C. The molecule has 0 rings (SSSR count). The van der Waals surface area contributed by atoms with Gasteiger partial charge in [0.15, 0.2) is 0 Å². The van der Waals surface area contributed by atoms with Crippen LogP contribution in [0.5, 0.6) is 0 Å². The fraction of sp³-hybridized carbons (Fsp3) is 0.714.